The molecular weight excluding hydrogens is 308 g/mol. The molecule has 4 aromatic rings. The first-order valence-corrected chi connectivity index (χ1v) is 8.10. The summed E-state index contributed by atoms with van der Waals surface area (Å²) in [6.45, 7) is 3.48. The zero-order valence-corrected chi connectivity index (χ0v) is 13.5. The number of nitrogens with one attached hydrogen (secondary N) is 1. The van der Waals surface area contributed by atoms with Gasteiger partial charge in [0.05, 0.1) is 26.8 Å². The molecule has 0 saturated heterocycles. The number of rotatable bonds is 2. The van der Waals surface area contributed by atoms with E-state index in [0.29, 0.717) is 0 Å². The van der Waals surface area contributed by atoms with Crippen LogP contribution in [-0.2, 0) is 4.79 Å². The Morgan fingerprint density at radius 2 is 2.04 bits per heavy atom. The number of aromatic nitrogens is 3. The smallest absolute Gasteiger partial charge is 0.221 e. The van der Waals surface area contributed by atoms with E-state index in [1.165, 1.54) is 6.92 Å². The first-order chi connectivity index (χ1) is 11.1. The quantitative estimate of drug-likeness (QED) is 0.609. The van der Waals surface area contributed by atoms with Crippen LogP contribution >= 0.6 is 11.3 Å². The summed E-state index contributed by atoms with van der Waals surface area (Å²) in [4.78, 5) is 20.1. The summed E-state index contributed by atoms with van der Waals surface area (Å²) in [5.41, 5.74) is 6.56. The van der Waals surface area contributed by atoms with E-state index in [1.807, 2.05) is 36.7 Å². The number of carbonyl (C=O) groups is 1. The summed E-state index contributed by atoms with van der Waals surface area (Å²) < 4.78 is 3.27. The van der Waals surface area contributed by atoms with Gasteiger partial charge < -0.3 is 5.32 Å². The Kier molecular flexibility index (Phi) is 3.12. The molecule has 114 valence electrons. The third kappa shape index (κ3) is 2.37. The number of thiazole rings is 1. The van der Waals surface area contributed by atoms with Gasteiger partial charge in [-0.15, -0.1) is 11.3 Å². The van der Waals surface area contributed by atoms with Gasteiger partial charge in [-0.25, -0.2) is 9.97 Å². The summed E-state index contributed by atoms with van der Waals surface area (Å²) in [7, 11) is 0. The van der Waals surface area contributed by atoms with Crippen LogP contribution in [0.5, 0.6) is 0 Å². The van der Waals surface area contributed by atoms with Gasteiger partial charge >= 0.3 is 0 Å². The number of benzene rings is 2. The van der Waals surface area contributed by atoms with E-state index in [-0.39, 0.29) is 5.91 Å². The van der Waals surface area contributed by atoms with Crippen LogP contribution in [0.1, 0.15) is 12.7 Å². The second-order valence-corrected chi connectivity index (χ2v) is 6.27. The third-order valence-electron chi connectivity index (χ3n) is 3.72. The van der Waals surface area contributed by atoms with Crippen molar-refractivity contribution in [3.63, 3.8) is 0 Å². The molecule has 2 aromatic carbocycles. The molecule has 0 spiro atoms. The lowest BCUT2D eigenvalue weighted by atomic mass is 10.2. The molecule has 0 saturated carbocycles. The SMILES string of the molecule is CC(=O)Nc1ccc2c(c1)nc(C)n2-c1ccc2ncsc2c1. The summed E-state index contributed by atoms with van der Waals surface area (Å²) in [5.74, 6) is 0.819. The first kappa shape index (κ1) is 13.9. The standard InChI is InChI=1S/C17H14N4OS/c1-10-19-15-7-12(20-11(2)22)3-6-16(15)21(10)13-4-5-14-17(8-13)23-9-18-14/h3-9H,1-2H3,(H,20,22). The van der Waals surface area contributed by atoms with Crippen molar-refractivity contribution in [1.29, 1.82) is 0 Å². The molecule has 23 heavy (non-hydrogen) atoms. The average molecular weight is 322 g/mol. The topological polar surface area (TPSA) is 59.8 Å². The molecule has 5 nitrogen and oxygen atoms in total. The molecule has 6 heteroatoms. The molecule has 0 aliphatic heterocycles. The van der Waals surface area contributed by atoms with Crippen molar-refractivity contribution in [3.8, 4) is 5.69 Å². The van der Waals surface area contributed by atoms with E-state index >= 15 is 0 Å². The van der Waals surface area contributed by atoms with E-state index < -0.39 is 0 Å². The molecule has 0 unspecified atom stereocenters. The van der Waals surface area contributed by atoms with Gasteiger partial charge in [-0.05, 0) is 43.3 Å². The predicted molar refractivity (Wildman–Crippen MR) is 93.3 cm³/mol. The Bertz CT molecular complexity index is 1050. The largest absolute Gasteiger partial charge is 0.326 e. The van der Waals surface area contributed by atoms with Gasteiger partial charge in [0.1, 0.15) is 5.82 Å². The molecule has 0 aliphatic carbocycles. The van der Waals surface area contributed by atoms with Gasteiger partial charge in [-0.2, -0.15) is 0 Å². The number of imidazole rings is 1. The highest BCUT2D eigenvalue weighted by molar-refractivity contribution is 7.16. The zero-order chi connectivity index (χ0) is 16.0. The van der Waals surface area contributed by atoms with E-state index in [4.69, 9.17) is 0 Å². The van der Waals surface area contributed by atoms with Crippen LogP contribution in [0.2, 0.25) is 0 Å². The molecule has 0 radical (unpaired) electrons. The fraction of sp³-hybridized carbons (Fsp3) is 0.118. The second kappa shape index (κ2) is 5.17. The molecule has 2 aromatic heterocycles. The van der Waals surface area contributed by atoms with Crippen molar-refractivity contribution >= 4 is 44.2 Å². The molecule has 2 heterocycles. The molecule has 1 N–H and O–H groups in total. The van der Waals surface area contributed by atoms with Crippen molar-refractivity contribution < 1.29 is 4.79 Å². The van der Waals surface area contributed by atoms with Gasteiger partial charge in [0.25, 0.3) is 0 Å². The van der Waals surface area contributed by atoms with Gasteiger partial charge in [-0.1, -0.05) is 0 Å². The maximum Gasteiger partial charge on any atom is 0.221 e. The van der Waals surface area contributed by atoms with Crippen molar-refractivity contribution in [2.75, 3.05) is 5.32 Å². The van der Waals surface area contributed by atoms with Crippen LogP contribution in [0.3, 0.4) is 0 Å². The van der Waals surface area contributed by atoms with Crippen LogP contribution in [-0.4, -0.2) is 20.4 Å². The molecule has 4 rings (SSSR count). The van der Waals surface area contributed by atoms with Crippen LogP contribution in [0.25, 0.3) is 26.9 Å². The number of carbonyl (C=O) groups excluding carboxylic acids is 1. The molecule has 0 bridgehead atoms. The highest BCUT2D eigenvalue weighted by Crippen LogP contribution is 2.27. The predicted octanol–water partition coefficient (Wildman–Crippen LogP) is 3.90. The molecular formula is C17H14N4OS. The van der Waals surface area contributed by atoms with Crippen LogP contribution in [0, 0.1) is 6.92 Å². The van der Waals surface area contributed by atoms with Crippen molar-refractivity contribution in [2.24, 2.45) is 0 Å². The number of anilines is 1. The molecule has 0 atom stereocenters. The zero-order valence-electron chi connectivity index (χ0n) is 12.7. The Morgan fingerprint density at radius 3 is 2.87 bits per heavy atom. The summed E-state index contributed by atoms with van der Waals surface area (Å²) >= 11 is 1.63. The van der Waals surface area contributed by atoms with Crippen molar-refractivity contribution in [1.82, 2.24) is 14.5 Å². The minimum absolute atomic E-state index is 0.0869. The maximum absolute atomic E-state index is 11.2. The van der Waals surface area contributed by atoms with E-state index in [9.17, 15) is 4.79 Å². The Labute approximate surface area is 136 Å². The van der Waals surface area contributed by atoms with Gasteiger partial charge in [0.2, 0.25) is 5.91 Å². The van der Waals surface area contributed by atoms with E-state index in [2.05, 4.69) is 32.0 Å². The van der Waals surface area contributed by atoms with Crippen LogP contribution in [0.4, 0.5) is 5.69 Å². The number of amides is 1. The highest BCUT2D eigenvalue weighted by Gasteiger charge is 2.11. The van der Waals surface area contributed by atoms with E-state index in [0.717, 1.165) is 38.4 Å². The van der Waals surface area contributed by atoms with E-state index in [1.54, 1.807) is 11.3 Å². The molecule has 0 aliphatic rings. The second-order valence-electron chi connectivity index (χ2n) is 5.38. The van der Waals surface area contributed by atoms with Crippen LogP contribution < -0.4 is 5.32 Å². The molecule has 0 fully saturated rings. The van der Waals surface area contributed by atoms with Crippen molar-refractivity contribution in [3.05, 3.63) is 47.7 Å². The van der Waals surface area contributed by atoms with Crippen molar-refractivity contribution in [2.45, 2.75) is 13.8 Å². The highest BCUT2D eigenvalue weighted by atomic mass is 32.1. The Morgan fingerprint density at radius 1 is 1.17 bits per heavy atom. The summed E-state index contributed by atoms with van der Waals surface area (Å²) in [6, 6.07) is 12.0. The Balaban J connectivity index is 1.88. The lowest BCUT2D eigenvalue weighted by molar-refractivity contribution is -0.114. The number of hydrogen-bond acceptors (Lipinski definition) is 4. The van der Waals surface area contributed by atoms with Gasteiger partial charge in [-0.3, -0.25) is 9.36 Å². The number of hydrogen-bond donors (Lipinski definition) is 1. The third-order valence-corrected chi connectivity index (χ3v) is 4.51. The van der Waals surface area contributed by atoms with Gasteiger partial charge in [0, 0.05) is 18.3 Å². The fourth-order valence-corrected chi connectivity index (χ4v) is 3.50. The maximum atomic E-state index is 11.2. The number of aryl methyl sites for hydroxylation is 1. The first-order valence-electron chi connectivity index (χ1n) is 7.22. The minimum atomic E-state index is -0.0869. The van der Waals surface area contributed by atoms with Crippen LogP contribution in [0.15, 0.2) is 41.9 Å². The van der Waals surface area contributed by atoms with Gasteiger partial charge in [0.15, 0.2) is 0 Å². The monoisotopic (exact) mass is 322 g/mol. The Hall–Kier alpha value is -2.73. The normalized spacial score (nSPS) is 11.2. The number of nitrogens with zero attached hydrogens (tertiary/aromatic N) is 3. The summed E-state index contributed by atoms with van der Waals surface area (Å²) in [6.07, 6.45) is 0. The lowest BCUT2D eigenvalue weighted by Crippen LogP contribution is -2.05. The average Bonchev–Trinajstić information content (AvgIpc) is 3.08. The number of fused-ring (bicyclic) bond motifs is 2. The summed E-state index contributed by atoms with van der Waals surface area (Å²) in [5, 5.41) is 2.79. The minimum Gasteiger partial charge on any atom is -0.326 e. The fourth-order valence-electron chi connectivity index (χ4n) is 2.79. The molecule has 1 amide bonds. The lowest BCUT2D eigenvalue weighted by Gasteiger charge is -2.07.